The van der Waals surface area contributed by atoms with Crippen molar-refractivity contribution in [2.75, 3.05) is 32.4 Å². The zero-order valence-corrected chi connectivity index (χ0v) is 16.7. The number of rotatable bonds is 10. The van der Waals surface area contributed by atoms with Gasteiger partial charge in [0.1, 0.15) is 0 Å². The first-order valence-corrected chi connectivity index (χ1v) is 9.53. The lowest BCUT2D eigenvalue weighted by Gasteiger charge is -2.14. The molecule has 0 aliphatic heterocycles. The summed E-state index contributed by atoms with van der Waals surface area (Å²) in [4.78, 5) is 13.4. The van der Waals surface area contributed by atoms with Crippen molar-refractivity contribution in [2.24, 2.45) is 0 Å². The summed E-state index contributed by atoms with van der Waals surface area (Å²) in [6.45, 7) is 3.73. The van der Waals surface area contributed by atoms with E-state index in [0.29, 0.717) is 30.1 Å². The van der Waals surface area contributed by atoms with Gasteiger partial charge in [0.25, 0.3) is 0 Å². The number of aryl methyl sites for hydroxylation is 1. The third-order valence-electron chi connectivity index (χ3n) is 3.88. The lowest BCUT2D eigenvalue weighted by Crippen LogP contribution is -2.13. The van der Waals surface area contributed by atoms with Crippen LogP contribution in [0.5, 0.6) is 17.2 Å². The number of methoxy groups -OCH3 is 3. The van der Waals surface area contributed by atoms with Crippen molar-refractivity contribution in [3.8, 4) is 17.2 Å². The second-order valence-electron chi connectivity index (χ2n) is 5.68. The van der Waals surface area contributed by atoms with Gasteiger partial charge in [0, 0.05) is 17.1 Å². The Balaban J connectivity index is 2.05. The fraction of sp³-hybridized carbons (Fsp3) is 0.286. The summed E-state index contributed by atoms with van der Waals surface area (Å²) in [5.41, 5.74) is 1.76. The van der Waals surface area contributed by atoms with Crippen LogP contribution in [-0.2, 0) is 11.2 Å². The van der Waals surface area contributed by atoms with Gasteiger partial charge in [-0.15, -0.1) is 18.3 Å². The van der Waals surface area contributed by atoms with Gasteiger partial charge < -0.3 is 19.5 Å². The number of hydrogen-bond acceptors (Lipinski definition) is 5. The van der Waals surface area contributed by atoms with E-state index in [1.54, 1.807) is 33.1 Å². The Bertz CT molecular complexity index is 766. The number of nitrogens with one attached hydrogen (secondary N) is 1. The number of carbonyl (C=O) groups is 1. The maximum atomic E-state index is 12.4. The highest BCUT2D eigenvalue weighted by molar-refractivity contribution is 7.99. The van der Waals surface area contributed by atoms with Crippen LogP contribution in [0.3, 0.4) is 0 Å². The number of hydrogen-bond donors (Lipinski definition) is 1. The lowest BCUT2D eigenvalue weighted by atomic mass is 10.1. The Morgan fingerprint density at radius 3 is 2.37 bits per heavy atom. The van der Waals surface area contributed by atoms with Crippen molar-refractivity contribution in [1.29, 1.82) is 0 Å². The zero-order chi connectivity index (χ0) is 19.6. The first-order chi connectivity index (χ1) is 13.1. The Labute approximate surface area is 164 Å². The van der Waals surface area contributed by atoms with Crippen molar-refractivity contribution in [1.82, 2.24) is 0 Å². The SMILES string of the molecule is C=CCSc1ccccc1NC(=O)CCc1cc(OC)c(OC)c(OC)c1. The first-order valence-electron chi connectivity index (χ1n) is 8.54. The monoisotopic (exact) mass is 387 g/mol. The average Bonchev–Trinajstić information content (AvgIpc) is 2.70. The lowest BCUT2D eigenvalue weighted by molar-refractivity contribution is -0.116. The molecule has 0 atom stereocenters. The maximum absolute atomic E-state index is 12.4. The fourth-order valence-corrected chi connectivity index (χ4v) is 3.34. The number of para-hydroxylation sites is 1. The van der Waals surface area contributed by atoms with Crippen LogP contribution in [0.15, 0.2) is 53.9 Å². The Morgan fingerprint density at radius 2 is 1.78 bits per heavy atom. The second-order valence-corrected chi connectivity index (χ2v) is 6.74. The molecular weight excluding hydrogens is 362 g/mol. The van der Waals surface area contributed by atoms with E-state index >= 15 is 0 Å². The number of benzene rings is 2. The van der Waals surface area contributed by atoms with Crippen molar-refractivity contribution in [3.63, 3.8) is 0 Å². The van der Waals surface area contributed by atoms with Gasteiger partial charge in [-0.05, 0) is 36.2 Å². The highest BCUT2D eigenvalue weighted by atomic mass is 32.2. The van der Waals surface area contributed by atoms with E-state index in [0.717, 1.165) is 21.9 Å². The van der Waals surface area contributed by atoms with Crippen molar-refractivity contribution >= 4 is 23.4 Å². The number of amides is 1. The third-order valence-corrected chi connectivity index (χ3v) is 4.95. The van der Waals surface area contributed by atoms with Crippen LogP contribution >= 0.6 is 11.8 Å². The van der Waals surface area contributed by atoms with Gasteiger partial charge >= 0.3 is 0 Å². The molecular formula is C21H25NO4S. The van der Waals surface area contributed by atoms with Crippen LogP contribution in [0.25, 0.3) is 0 Å². The quantitative estimate of drug-likeness (QED) is 0.478. The molecule has 0 aromatic heterocycles. The van der Waals surface area contributed by atoms with E-state index in [4.69, 9.17) is 14.2 Å². The number of ether oxygens (including phenoxy) is 3. The predicted octanol–water partition coefficient (Wildman–Crippen LogP) is 4.56. The molecule has 0 saturated heterocycles. The minimum absolute atomic E-state index is 0.0459. The molecule has 5 nitrogen and oxygen atoms in total. The molecule has 1 amide bonds. The van der Waals surface area contributed by atoms with E-state index in [2.05, 4.69) is 11.9 Å². The average molecular weight is 388 g/mol. The highest BCUT2D eigenvalue weighted by Gasteiger charge is 2.14. The van der Waals surface area contributed by atoms with Crippen LogP contribution < -0.4 is 19.5 Å². The standard InChI is InChI=1S/C21H25NO4S/c1-5-12-27-19-9-7-6-8-16(19)22-20(23)11-10-15-13-17(24-2)21(26-4)18(14-15)25-3/h5-9,13-14H,1,10-12H2,2-4H3,(H,22,23). The van der Waals surface area contributed by atoms with Crippen molar-refractivity contribution in [2.45, 2.75) is 17.7 Å². The van der Waals surface area contributed by atoms with Gasteiger partial charge in [-0.1, -0.05) is 18.2 Å². The number of anilines is 1. The molecule has 0 aliphatic rings. The van der Waals surface area contributed by atoms with E-state index in [1.807, 2.05) is 42.5 Å². The van der Waals surface area contributed by atoms with Crippen molar-refractivity contribution in [3.05, 3.63) is 54.6 Å². The number of carbonyl (C=O) groups excluding carboxylic acids is 1. The summed E-state index contributed by atoms with van der Waals surface area (Å²) in [5, 5.41) is 2.99. The molecule has 6 heteroatoms. The molecule has 144 valence electrons. The molecule has 0 bridgehead atoms. The van der Waals surface area contributed by atoms with Gasteiger partial charge in [-0.2, -0.15) is 0 Å². The van der Waals surface area contributed by atoms with Gasteiger partial charge in [-0.25, -0.2) is 0 Å². The van der Waals surface area contributed by atoms with Crippen LogP contribution in [0, 0.1) is 0 Å². The van der Waals surface area contributed by atoms with Crippen molar-refractivity contribution < 1.29 is 19.0 Å². The van der Waals surface area contributed by atoms with E-state index in [-0.39, 0.29) is 5.91 Å². The number of thioether (sulfide) groups is 1. The summed E-state index contributed by atoms with van der Waals surface area (Å²) >= 11 is 1.64. The van der Waals surface area contributed by atoms with Crippen LogP contribution in [0.1, 0.15) is 12.0 Å². The van der Waals surface area contributed by atoms with E-state index in [9.17, 15) is 4.79 Å². The molecule has 2 rings (SSSR count). The molecule has 1 N–H and O–H groups in total. The molecule has 0 unspecified atom stereocenters. The van der Waals surface area contributed by atoms with Gasteiger partial charge in [-0.3, -0.25) is 4.79 Å². The third kappa shape index (κ3) is 5.69. The Morgan fingerprint density at radius 1 is 1.11 bits per heavy atom. The van der Waals surface area contributed by atoms with Gasteiger partial charge in [0.05, 0.1) is 27.0 Å². The molecule has 0 radical (unpaired) electrons. The van der Waals surface area contributed by atoms with Crippen LogP contribution in [0.2, 0.25) is 0 Å². The molecule has 2 aromatic rings. The maximum Gasteiger partial charge on any atom is 0.224 e. The fourth-order valence-electron chi connectivity index (χ4n) is 2.59. The van der Waals surface area contributed by atoms with Gasteiger partial charge in [0.15, 0.2) is 11.5 Å². The van der Waals surface area contributed by atoms with Crippen LogP contribution in [0.4, 0.5) is 5.69 Å². The van der Waals surface area contributed by atoms with Gasteiger partial charge in [0.2, 0.25) is 11.7 Å². The Kier molecular flexibility index (Phi) is 8.07. The molecule has 0 fully saturated rings. The summed E-state index contributed by atoms with van der Waals surface area (Å²) in [5.74, 6) is 2.45. The smallest absolute Gasteiger partial charge is 0.224 e. The summed E-state index contributed by atoms with van der Waals surface area (Å²) in [6.07, 6.45) is 2.75. The second kappa shape index (κ2) is 10.5. The normalized spacial score (nSPS) is 10.2. The minimum Gasteiger partial charge on any atom is -0.493 e. The summed E-state index contributed by atoms with van der Waals surface area (Å²) in [6, 6.07) is 11.5. The molecule has 0 spiro atoms. The first kappa shape index (κ1) is 20.7. The van der Waals surface area contributed by atoms with E-state index < -0.39 is 0 Å². The molecule has 0 heterocycles. The largest absolute Gasteiger partial charge is 0.493 e. The predicted molar refractivity (Wildman–Crippen MR) is 110 cm³/mol. The molecule has 0 aliphatic carbocycles. The summed E-state index contributed by atoms with van der Waals surface area (Å²) in [7, 11) is 4.71. The minimum atomic E-state index is -0.0459. The Hall–Kier alpha value is -2.60. The van der Waals surface area contributed by atoms with E-state index in [1.165, 1.54) is 0 Å². The topological polar surface area (TPSA) is 56.8 Å². The molecule has 27 heavy (non-hydrogen) atoms. The molecule has 0 saturated carbocycles. The van der Waals surface area contributed by atoms with Crippen LogP contribution in [-0.4, -0.2) is 33.0 Å². The highest BCUT2D eigenvalue weighted by Crippen LogP contribution is 2.38. The molecule has 2 aromatic carbocycles. The summed E-state index contributed by atoms with van der Waals surface area (Å²) < 4.78 is 16.0. The zero-order valence-electron chi connectivity index (χ0n) is 15.9.